The lowest BCUT2D eigenvalue weighted by molar-refractivity contribution is -0.140. The van der Waals surface area contributed by atoms with Gasteiger partial charge in [-0.25, -0.2) is 4.98 Å². The topological polar surface area (TPSA) is 71.1 Å². The van der Waals surface area contributed by atoms with Gasteiger partial charge < -0.3 is 10.6 Å². The Kier molecular flexibility index (Phi) is 4.99. The fraction of sp³-hybridized carbons (Fsp3) is 0.214. The molecule has 0 saturated carbocycles. The highest BCUT2D eigenvalue weighted by atomic mass is 32.1. The van der Waals surface area contributed by atoms with Crippen molar-refractivity contribution in [2.24, 2.45) is 0 Å². The molecule has 0 aliphatic carbocycles. The molecule has 2 aromatic rings. The Morgan fingerprint density at radius 3 is 2.57 bits per heavy atom. The van der Waals surface area contributed by atoms with Crippen LogP contribution in [0.5, 0.6) is 0 Å². The minimum absolute atomic E-state index is 0.174. The summed E-state index contributed by atoms with van der Waals surface area (Å²) >= 11 is 0.662. The lowest BCUT2D eigenvalue weighted by atomic mass is 10.1. The number of nitrogens with zero attached hydrogens (tertiary/aromatic N) is 1. The number of nitrogens with one attached hydrogen (secondary N) is 2. The molecule has 0 fully saturated rings. The van der Waals surface area contributed by atoms with Crippen LogP contribution in [0.4, 0.5) is 18.3 Å². The maximum Gasteiger partial charge on any atom is 0.434 e. The molecule has 0 radical (unpaired) electrons. The van der Waals surface area contributed by atoms with Gasteiger partial charge in [0.2, 0.25) is 5.91 Å². The molecule has 1 aromatic carbocycles. The highest BCUT2D eigenvalue weighted by Crippen LogP contribution is 2.31. The molecule has 5 nitrogen and oxygen atoms in total. The summed E-state index contributed by atoms with van der Waals surface area (Å²) in [6.45, 7) is 1.39. The number of hydrogen-bond donors (Lipinski definition) is 2. The summed E-state index contributed by atoms with van der Waals surface area (Å²) in [5.41, 5.74) is 0.107. The summed E-state index contributed by atoms with van der Waals surface area (Å²) in [5, 5.41) is 5.24. The predicted molar refractivity (Wildman–Crippen MR) is 79.3 cm³/mol. The van der Waals surface area contributed by atoms with Crippen molar-refractivity contribution in [1.82, 2.24) is 10.3 Å². The quantitative estimate of drug-likeness (QED) is 0.897. The van der Waals surface area contributed by atoms with Gasteiger partial charge in [0, 0.05) is 10.9 Å². The van der Waals surface area contributed by atoms with Crippen molar-refractivity contribution >= 4 is 28.3 Å². The molecular weight excluding hydrogens is 331 g/mol. The Balaban J connectivity index is 1.89. The van der Waals surface area contributed by atoms with Gasteiger partial charge in [-0.1, -0.05) is 18.2 Å². The van der Waals surface area contributed by atoms with Crippen LogP contribution >= 0.6 is 11.3 Å². The van der Waals surface area contributed by atoms with E-state index in [0.717, 1.165) is 10.9 Å². The van der Waals surface area contributed by atoms with Crippen molar-refractivity contribution in [2.75, 3.05) is 11.9 Å². The van der Waals surface area contributed by atoms with Gasteiger partial charge in [-0.05, 0) is 18.6 Å². The van der Waals surface area contributed by atoms with Crippen LogP contribution in [0.15, 0.2) is 29.6 Å². The van der Waals surface area contributed by atoms with Crippen molar-refractivity contribution in [1.29, 1.82) is 0 Å². The van der Waals surface area contributed by atoms with Crippen molar-refractivity contribution in [2.45, 2.75) is 13.1 Å². The molecule has 0 spiro atoms. The first-order valence-electron chi connectivity index (χ1n) is 6.44. The molecule has 0 aliphatic rings. The van der Waals surface area contributed by atoms with E-state index in [1.54, 1.807) is 31.2 Å². The molecule has 0 atom stereocenters. The van der Waals surface area contributed by atoms with E-state index in [1.807, 2.05) is 0 Å². The summed E-state index contributed by atoms with van der Waals surface area (Å²) in [6, 6.07) is 6.83. The number of amides is 2. The summed E-state index contributed by atoms with van der Waals surface area (Å²) in [7, 11) is 0. The largest absolute Gasteiger partial charge is 0.434 e. The van der Waals surface area contributed by atoms with Crippen molar-refractivity contribution in [3.05, 3.63) is 46.5 Å². The molecule has 0 unspecified atom stereocenters. The summed E-state index contributed by atoms with van der Waals surface area (Å²) in [4.78, 5) is 26.8. The van der Waals surface area contributed by atoms with Crippen molar-refractivity contribution in [3.63, 3.8) is 0 Å². The molecule has 122 valence electrons. The van der Waals surface area contributed by atoms with Crippen LogP contribution in [0, 0.1) is 6.92 Å². The minimum atomic E-state index is -4.56. The first kappa shape index (κ1) is 16.9. The smallest absolute Gasteiger partial charge is 0.343 e. The molecule has 1 heterocycles. The molecule has 0 saturated heterocycles. The second-order valence-electron chi connectivity index (χ2n) is 4.58. The van der Waals surface area contributed by atoms with E-state index >= 15 is 0 Å². The number of rotatable bonds is 4. The normalized spacial score (nSPS) is 11.1. The number of halogens is 3. The Morgan fingerprint density at radius 2 is 1.96 bits per heavy atom. The van der Waals surface area contributed by atoms with E-state index in [1.165, 1.54) is 0 Å². The summed E-state index contributed by atoms with van der Waals surface area (Å²) < 4.78 is 37.2. The molecule has 1 aromatic heterocycles. The third kappa shape index (κ3) is 4.52. The Hall–Kier alpha value is -2.42. The van der Waals surface area contributed by atoms with Gasteiger partial charge in [0.15, 0.2) is 10.8 Å². The number of anilines is 1. The molecular formula is C14H12F3N3O2S. The first-order chi connectivity index (χ1) is 10.8. The summed E-state index contributed by atoms with van der Waals surface area (Å²) in [6.07, 6.45) is -4.56. The molecule has 2 amide bonds. The van der Waals surface area contributed by atoms with Gasteiger partial charge in [0.1, 0.15) is 0 Å². The van der Waals surface area contributed by atoms with E-state index in [-0.39, 0.29) is 11.7 Å². The SMILES string of the molecule is Cc1ccccc1C(=O)NCC(=O)Nc1nc(C(F)(F)F)cs1. The third-order valence-electron chi connectivity index (χ3n) is 2.84. The third-order valence-corrected chi connectivity index (χ3v) is 3.60. The van der Waals surface area contributed by atoms with E-state index in [0.29, 0.717) is 16.9 Å². The fourth-order valence-corrected chi connectivity index (χ4v) is 2.44. The van der Waals surface area contributed by atoms with Crippen LogP contribution in [0.1, 0.15) is 21.6 Å². The van der Waals surface area contributed by atoms with E-state index < -0.39 is 23.7 Å². The maximum absolute atomic E-state index is 12.4. The van der Waals surface area contributed by atoms with Gasteiger partial charge >= 0.3 is 6.18 Å². The second-order valence-corrected chi connectivity index (χ2v) is 5.44. The number of aryl methyl sites for hydroxylation is 1. The van der Waals surface area contributed by atoms with Crippen molar-refractivity contribution in [3.8, 4) is 0 Å². The van der Waals surface area contributed by atoms with Gasteiger partial charge in [-0.3, -0.25) is 9.59 Å². The number of benzene rings is 1. The molecule has 9 heteroatoms. The van der Waals surface area contributed by atoms with Crippen LogP contribution < -0.4 is 10.6 Å². The monoisotopic (exact) mass is 343 g/mol. The average molecular weight is 343 g/mol. The zero-order chi connectivity index (χ0) is 17.0. The molecule has 23 heavy (non-hydrogen) atoms. The van der Waals surface area contributed by atoms with Gasteiger partial charge in [0.05, 0.1) is 6.54 Å². The molecule has 0 bridgehead atoms. The predicted octanol–water partition coefficient (Wildman–Crippen LogP) is 2.84. The van der Waals surface area contributed by atoms with Crippen LogP contribution in [0.2, 0.25) is 0 Å². The lowest BCUT2D eigenvalue weighted by Gasteiger charge is -2.07. The van der Waals surface area contributed by atoms with Crippen LogP contribution in [0.3, 0.4) is 0 Å². The van der Waals surface area contributed by atoms with Crippen LogP contribution in [-0.4, -0.2) is 23.3 Å². The highest BCUT2D eigenvalue weighted by Gasteiger charge is 2.33. The number of thiazole rings is 1. The molecule has 2 N–H and O–H groups in total. The number of carbonyl (C=O) groups excluding carboxylic acids is 2. The molecule has 0 aliphatic heterocycles. The average Bonchev–Trinajstić information content (AvgIpc) is 2.94. The zero-order valence-electron chi connectivity index (χ0n) is 11.9. The maximum atomic E-state index is 12.4. The Bertz CT molecular complexity index is 728. The van der Waals surface area contributed by atoms with Crippen molar-refractivity contribution < 1.29 is 22.8 Å². The van der Waals surface area contributed by atoms with E-state index in [2.05, 4.69) is 15.6 Å². The number of hydrogen-bond acceptors (Lipinski definition) is 4. The van der Waals surface area contributed by atoms with Crippen LogP contribution in [-0.2, 0) is 11.0 Å². The van der Waals surface area contributed by atoms with Gasteiger partial charge in [0.25, 0.3) is 5.91 Å². The number of carbonyl (C=O) groups is 2. The summed E-state index contributed by atoms with van der Waals surface area (Å²) in [5.74, 6) is -1.09. The zero-order valence-corrected chi connectivity index (χ0v) is 12.7. The van der Waals surface area contributed by atoms with E-state index in [9.17, 15) is 22.8 Å². The van der Waals surface area contributed by atoms with E-state index in [4.69, 9.17) is 0 Å². The molecule has 2 rings (SSSR count). The minimum Gasteiger partial charge on any atom is -0.343 e. The Morgan fingerprint density at radius 1 is 1.26 bits per heavy atom. The highest BCUT2D eigenvalue weighted by molar-refractivity contribution is 7.13. The van der Waals surface area contributed by atoms with Gasteiger partial charge in [-0.2, -0.15) is 13.2 Å². The van der Waals surface area contributed by atoms with Crippen LogP contribution in [0.25, 0.3) is 0 Å². The fourth-order valence-electron chi connectivity index (χ4n) is 1.71. The second kappa shape index (κ2) is 6.78. The number of aromatic nitrogens is 1. The van der Waals surface area contributed by atoms with Gasteiger partial charge in [-0.15, -0.1) is 11.3 Å². The number of alkyl halides is 3. The first-order valence-corrected chi connectivity index (χ1v) is 7.32. The standard InChI is InChI=1S/C14H12F3N3O2S/c1-8-4-2-3-5-9(8)12(22)18-6-11(21)20-13-19-10(7-23-13)14(15,16)17/h2-5,7H,6H2,1H3,(H,18,22)(H,19,20,21). The Labute approximate surface area is 133 Å². The lowest BCUT2D eigenvalue weighted by Crippen LogP contribution is -2.33.